The number of thioether (sulfide) groups is 1. The van der Waals surface area contributed by atoms with Gasteiger partial charge in [-0.25, -0.2) is 0 Å². The van der Waals surface area contributed by atoms with Crippen molar-refractivity contribution in [2.24, 2.45) is 4.99 Å². The van der Waals surface area contributed by atoms with Crippen LogP contribution in [0.5, 0.6) is 0 Å². The summed E-state index contributed by atoms with van der Waals surface area (Å²) in [5.41, 5.74) is 1.57. The van der Waals surface area contributed by atoms with Gasteiger partial charge in [0, 0.05) is 16.2 Å². The fourth-order valence-electron chi connectivity index (χ4n) is 3.07. The molecule has 2 fully saturated rings. The van der Waals surface area contributed by atoms with Gasteiger partial charge in [-0.05, 0) is 32.1 Å². The largest absolute Gasteiger partial charge is 0.288 e. The second-order valence-electron chi connectivity index (χ2n) is 4.88. The molecule has 2 saturated carbocycles. The Morgan fingerprint density at radius 2 is 1.86 bits per heavy atom. The maximum atomic E-state index is 5.02. The molecule has 0 saturated heterocycles. The normalized spacial score (nSPS) is 42.3. The maximum Gasteiger partial charge on any atom is 0.0618 e. The Morgan fingerprint density at radius 3 is 2.86 bits per heavy atom. The van der Waals surface area contributed by atoms with Crippen molar-refractivity contribution in [2.75, 3.05) is 0 Å². The summed E-state index contributed by atoms with van der Waals surface area (Å²) < 4.78 is 0. The third-order valence-corrected chi connectivity index (χ3v) is 5.60. The second kappa shape index (κ2) is 3.88. The fraction of sp³-hybridized carbons (Fsp3) is 0.917. The van der Waals surface area contributed by atoms with Gasteiger partial charge >= 0.3 is 0 Å². The van der Waals surface area contributed by atoms with E-state index in [9.17, 15) is 0 Å². The van der Waals surface area contributed by atoms with E-state index in [0.717, 1.165) is 10.5 Å². The molecular formula is C12H19NS. The quantitative estimate of drug-likeness (QED) is 0.595. The van der Waals surface area contributed by atoms with E-state index in [1.54, 1.807) is 5.71 Å². The first kappa shape index (κ1) is 9.26. The van der Waals surface area contributed by atoms with Gasteiger partial charge in [0.15, 0.2) is 0 Å². The van der Waals surface area contributed by atoms with Crippen molar-refractivity contribution in [1.29, 1.82) is 0 Å². The van der Waals surface area contributed by atoms with Gasteiger partial charge in [-0.1, -0.05) is 19.3 Å². The minimum atomic E-state index is 0.707. The third-order valence-electron chi connectivity index (χ3n) is 3.86. The lowest BCUT2D eigenvalue weighted by Crippen LogP contribution is -2.38. The van der Waals surface area contributed by atoms with Gasteiger partial charge in [0.25, 0.3) is 0 Å². The van der Waals surface area contributed by atoms with Crippen molar-refractivity contribution >= 4 is 17.5 Å². The Hall–Kier alpha value is 0.0200. The molecule has 1 heterocycles. The molecule has 3 rings (SSSR count). The topological polar surface area (TPSA) is 12.4 Å². The van der Waals surface area contributed by atoms with E-state index in [2.05, 4.69) is 11.8 Å². The monoisotopic (exact) mass is 209 g/mol. The molecule has 1 nitrogen and oxygen atoms in total. The van der Waals surface area contributed by atoms with Crippen molar-refractivity contribution in [3.05, 3.63) is 0 Å². The summed E-state index contributed by atoms with van der Waals surface area (Å²) in [7, 11) is 0. The van der Waals surface area contributed by atoms with Crippen LogP contribution in [0.1, 0.15) is 51.4 Å². The Morgan fingerprint density at radius 1 is 1.00 bits per heavy atom. The van der Waals surface area contributed by atoms with Gasteiger partial charge in [0.2, 0.25) is 0 Å². The van der Waals surface area contributed by atoms with E-state index in [4.69, 9.17) is 4.99 Å². The molecule has 0 radical (unpaired) electrons. The van der Waals surface area contributed by atoms with Gasteiger partial charge in [0.05, 0.1) is 6.04 Å². The lowest BCUT2D eigenvalue weighted by molar-refractivity contribution is 0.446. The summed E-state index contributed by atoms with van der Waals surface area (Å²) in [6, 6.07) is 0.707. The predicted molar refractivity (Wildman–Crippen MR) is 63.3 cm³/mol. The molecule has 0 spiro atoms. The third kappa shape index (κ3) is 1.62. The predicted octanol–water partition coefficient (Wildman–Crippen LogP) is 3.43. The Labute approximate surface area is 90.8 Å². The highest BCUT2D eigenvalue weighted by molar-refractivity contribution is 8.01. The summed E-state index contributed by atoms with van der Waals surface area (Å²) in [5.74, 6) is 0. The van der Waals surface area contributed by atoms with Crippen LogP contribution in [0, 0.1) is 0 Å². The van der Waals surface area contributed by atoms with Crippen LogP contribution < -0.4 is 0 Å². The Bertz CT molecular complexity index is 249. The SMILES string of the molecule is C1CC[C@@H]2S[C@H]3CCCC[C@@H]3N=C2C1. The molecule has 0 aromatic rings. The van der Waals surface area contributed by atoms with Crippen LogP contribution in [0.25, 0.3) is 0 Å². The number of hydrogen-bond acceptors (Lipinski definition) is 2. The average Bonchev–Trinajstić information content (AvgIpc) is 2.26. The van der Waals surface area contributed by atoms with Crippen LogP contribution in [-0.2, 0) is 0 Å². The lowest BCUT2D eigenvalue weighted by Gasteiger charge is -2.38. The summed E-state index contributed by atoms with van der Waals surface area (Å²) in [4.78, 5) is 5.02. The van der Waals surface area contributed by atoms with E-state index in [1.165, 1.54) is 51.4 Å². The maximum absolute atomic E-state index is 5.02. The van der Waals surface area contributed by atoms with E-state index in [-0.39, 0.29) is 0 Å². The zero-order valence-corrected chi connectivity index (χ0v) is 9.56. The summed E-state index contributed by atoms with van der Waals surface area (Å²) in [6.45, 7) is 0. The van der Waals surface area contributed by atoms with Crippen LogP contribution >= 0.6 is 11.8 Å². The minimum absolute atomic E-state index is 0.707. The molecule has 0 amide bonds. The number of aliphatic imine (C=N–C) groups is 1. The first-order chi connectivity index (χ1) is 6.93. The van der Waals surface area contributed by atoms with Crippen molar-refractivity contribution in [1.82, 2.24) is 0 Å². The molecule has 0 aromatic heterocycles. The summed E-state index contributed by atoms with van der Waals surface area (Å²) in [6.07, 6.45) is 11.2. The second-order valence-corrected chi connectivity index (χ2v) is 6.33. The molecule has 3 atom stereocenters. The molecule has 2 aliphatic carbocycles. The van der Waals surface area contributed by atoms with E-state index < -0.39 is 0 Å². The van der Waals surface area contributed by atoms with Gasteiger partial charge in [-0.3, -0.25) is 4.99 Å². The highest BCUT2D eigenvalue weighted by Crippen LogP contribution is 2.41. The molecule has 2 heteroatoms. The van der Waals surface area contributed by atoms with Crippen LogP contribution in [0.4, 0.5) is 0 Å². The van der Waals surface area contributed by atoms with Crippen LogP contribution in [0.15, 0.2) is 4.99 Å². The molecule has 0 bridgehead atoms. The van der Waals surface area contributed by atoms with Crippen LogP contribution in [-0.4, -0.2) is 22.3 Å². The molecule has 0 N–H and O–H groups in total. The molecule has 3 aliphatic rings. The standard InChI is InChI=1S/C12H19NS/c1-3-7-11-9(5-1)13-10-6-2-4-8-12(10)14-11/h9,11-12H,1-8H2/t9-,11-,12-/m0/s1. The first-order valence-corrected chi connectivity index (χ1v) is 7.10. The Kier molecular flexibility index (Phi) is 2.57. The molecule has 1 aliphatic heterocycles. The zero-order chi connectivity index (χ0) is 9.38. The van der Waals surface area contributed by atoms with Crippen molar-refractivity contribution < 1.29 is 0 Å². The highest BCUT2D eigenvalue weighted by Gasteiger charge is 2.35. The van der Waals surface area contributed by atoms with E-state index in [0.29, 0.717) is 6.04 Å². The minimum Gasteiger partial charge on any atom is -0.288 e. The van der Waals surface area contributed by atoms with E-state index in [1.807, 2.05) is 0 Å². The number of fused-ring (bicyclic) bond motifs is 2. The number of rotatable bonds is 0. The van der Waals surface area contributed by atoms with Crippen LogP contribution in [0.2, 0.25) is 0 Å². The smallest absolute Gasteiger partial charge is 0.0618 e. The van der Waals surface area contributed by atoms with Crippen molar-refractivity contribution in [3.63, 3.8) is 0 Å². The van der Waals surface area contributed by atoms with Gasteiger partial charge in [-0.2, -0.15) is 0 Å². The fourth-order valence-corrected chi connectivity index (χ4v) is 4.81. The van der Waals surface area contributed by atoms with E-state index >= 15 is 0 Å². The van der Waals surface area contributed by atoms with Crippen LogP contribution in [0.3, 0.4) is 0 Å². The highest BCUT2D eigenvalue weighted by atomic mass is 32.2. The molecular weight excluding hydrogens is 190 g/mol. The van der Waals surface area contributed by atoms with Gasteiger partial charge in [0.1, 0.15) is 0 Å². The number of hydrogen-bond donors (Lipinski definition) is 0. The van der Waals surface area contributed by atoms with Crippen molar-refractivity contribution in [2.45, 2.75) is 67.9 Å². The summed E-state index contributed by atoms with van der Waals surface area (Å²) in [5, 5.41) is 1.71. The molecule has 14 heavy (non-hydrogen) atoms. The molecule has 0 unspecified atom stereocenters. The summed E-state index contributed by atoms with van der Waals surface area (Å²) >= 11 is 2.27. The molecule has 0 aromatic carbocycles. The zero-order valence-electron chi connectivity index (χ0n) is 8.74. The average molecular weight is 209 g/mol. The van der Waals surface area contributed by atoms with Crippen molar-refractivity contribution in [3.8, 4) is 0 Å². The lowest BCUT2D eigenvalue weighted by atomic mass is 9.92. The molecule has 78 valence electrons. The van der Waals surface area contributed by atoms with Gasteiger partial charge in [-0.15, -0.1) is 11.8 Å². The number of nitrogens with zero attached hydrogens (tertiary/aromatic N) is 1. The Balaban J connectivity index is 1.80. The van der Waals surface area contributed by atoms with Gasteiger partial charge < -0.3 is 0 Å². The first-order valence-electron chi connectivity index (χ1n) is 6.15.